The summed E-state index contributed by atoms with van der Waals surface area (Å²) in [6.07, 6.45) is 1.80. The summed E-state index contributed by atoms with van der Waals surface area (Å²) in [5.41, 5.74) is 0. The summed E-state index contributed by atoms with van der Waals surface area (Å²) < 4.78 is 12.0. The predicted molar refractivity (Wildman–Crippen MR) is 87.2 cm³/mol. The number of nitrogens with zero attached hydrogens (tertiary/aromatic N) is 1. The minimum atomic E-state index is 0.283. The van der Waals surface area contributed by atoms with Gasteiger partial charge in [-0.25, -0.2) is 4.98 Å². The lowest BCUT2D eigenvalue weighted by Gasteiger charge is -2.08. The first-order valence-corrected chi connectivity index (χ1v) is 8.07. The Kier molecular flexibility index (Phi) is 3.20. The van der Waals surface area contributed by atoms with Crippen LogP contribution in [0.5, 0.6) is 11.5 Å². The first-order chi connectivity index (χ1) is 10.3. The van der Waals surface area contributed by atoms with Crippen molar-refractivity contribution in [3.63, 3.8) is 0 Å². The molecular weight excluding hydrogens is 352 g/mol. The molecule has 0 saturated carbocycles. The largest absolute Gasteiger partial charge is 0.454 e. The van der Waals surface area contributed by atoms with Crippen LogP contribution < -0.4 is 14.8 Å². The van der Waals surface area contributed by atoms with Gasteiger partial charge in [0.2, 0.25) is 6.79 Å². The molecule has 3 aromatic rings. The summed E-state index contributed by atoms with van der Waals surface area (Å²) in [7, 11) is 0. The Morgan fingerprint density at radius 3 is 2.86 bits per heavy atom. The van der Waals surface area contributed by atoms with Crippen molar-refractivity contribution >= 4 is 43.9 Å². The number of benzene rings is 1. The van der Waals surface area contributed by atoms with Gasteiger partial charge in [-0.15, -0.1) is 11.3 Å². The molecule has 0 spiro atoms. The van der Waals surface area contributed by atoms with Gasteiger partial charge < -0.3 is 14.8 Å². The number of nitrogens with one attached hydrogen (secondary N) is 1. The first-order valence-electron chi connectivity index (χ1n) is 6.46. The molecule has 0 unspecified atom stereocenters. The van der Waals surface area contributed by atoms with Crippen LogP contribution in [-0.4, -0.2) is 11.8 Å². The number of halogens is 1. The van der Waals surface area contributed by atoms with E-state index in [9.17, 15) is 0 Å². The molecule has 21 heavy (non-hydrogen) atoms. The van der Waals surface area contributed by atoms with Gasteiger partial charge in [0.15, 0.2) is 11.5 Å². The third-order valence-corrected chi connectivity index (χ3v) is 4.94. The lowest BCUT2D eigenvalue weighted by Crippen LogP contribution is -2.00. The molecule has 3 heterocycles. The number of hydrogen-bond donors (Lipinski definition) is 1. The van der Waals surface area contributed by atoms with E-state index in [2.05, 4.69) is 38.4 Å². The van der Waals surface area contributed by atoms with Crippen molar-refractivity contribution in [2.75, 3.05) is 12.1 Å². The van der Waals surface area contributed by atoms with Crippen molar-refractivity contribution in [2.45, 2.75) is 6.54 Å². The summed E-state index contributed by atoms with van der Waals surface area (Å²) in [5, 5.41) is 5.52. The Bertz CT molecular complexity index is 819. The fourth-order valence-corrected chi connectivity index (χ4v) is 3.74. The van der Waals surface area contributed by atoms with E-state index in [-0.39, 0.29) is 6.79 Å². The zero-order valence-electron chi connectivity index (χ0n) is 10.9. The molecule has 4 nitrogen and oxygen atoms in total. The lowest BCUT2D eigenvalue weighted by atomic mass is 10.1. The molecule has 0 saturated heterocycles. The van der Waals surface area contributed by atoms with Crippen LogP contribution in [-0.2, 0) is 6.54 Å². The maximum absolute atomic E-state index is 5.45. The molecule has 0 fully saturated rings. The minimum absolute atomic E-state index is 0.283. The quantitative estimate of drug-likeness (QED) is 0.749. The van der Waals surface area contributed by atoms with Crippen LogP contribution >= 0.6 is 27.3 Å². The molecule has 0 radical (unpaired) electrons. The van der Waals surface area contributed by atoms with Crippen LogP contribution in [0, 0.1) is 0 Å². The monoisotopic (exact) mass is 362 g/mol. The molecule has 4 rings (SSSR count). The summed E-state index contributed by atoms with van der Waals surface area (Å²) in [5.74, 6) is 2.43. The maximum Gasteiger partial charge on any atom is 0.231 e. The number of pyridine rings is 1. The van der Waals surface area contributed by atoms with E-state index >= 15 is 0 Å². The molecule has 106 valence electrons. The van der Waals surface area contributed by atoms with Crippen LogP contribution in [0.25, 0.3) is 10.8 Å². The predicted octanol–water partition coefficient (Wildman–Crippen LogP) is 4.40. The number of aromatic nitrogens is 1. The van der Waals surface area contributed by atoms with Crippen molar-refractivity contribution in [1.82, 2.24) is 4.98 Å². The average molecular weight is 363 g/mol. The van der Waals surface area contributed by atoms with Gasteiger partial charge in [-0.3, -0.25) is 0 Å². The highest BCUT2D eigenvalue weighted by atomic mass is 79.9. The molecule has 1 aromatic carbocycles. The second-order valence-electron chi connectivity index (χ2n) is 4.65. The Morgan fingerprint density at radius 1 is 1.19 bits per heavy atom. The Hall–Kier alpha value is -1.79. The van der Waals surface area contributed by atoms with Crippen LogP contribution in [0.3, 0.4) is 0 Å². The van der Waals surface area contributed by atoms with Gasteiger partial charge in [-0.1, -0.05) is 0 Å². The van der Waals surface area contributed by atoms with Crippen molar-refractivity contribution in [2.24, 2.45) is 0 Å². The van der Waals surface area contributed by atoms with Crippen molar-refractivity contribution in [3.05, 3.63) is 45.2 Å². The normalized spacial score (nSPS) is 12.8. The van der Waals surface area contributed by atoms with Gasteiger partial charge in [-0.2, -0.15) is 0 Å². The van der Waals surface area contributed by atoms with E-state index in [4.69, 9.17) is 9.47 Å². The number of ether oxygens (including phenoxy) is 2. The Morgan fingerprint density at radius 2 is 2.05 bits per heavy atom. The first kappa shape index (κ1) is 12.9. The standard InChI is InChI=1S/C15H11BrN2O2S/c16-14-2-1-10(21-14)7-18-15-11-6-13-12(19-8-20-13)5-9(11)3-4-17-15/h1-6H,7-8H2,(H,17,18). The number of rotatable bonds is 3. The van der Waals surface area contributed by atoms with Crippen LogP contribution in [0.15, 0.2) is 40.3 Å². The highest BCUT2D eigenvalue weighted by molar-refractivity contribution is 9.11. The van der Waals surface area contributed by atoms with Gasteiger partial charge >= 0.3 is 0 Å². The average Bonchev–Trinajstić information content (AvgIpc) is 3.11. The highest BCUT2D eigenvalue weighted by Gasteiger charge is 2.15. The van der Waals surface area contributed by atoms with E-state index in [0.717, 1.165) is 38.4 Å². The van der Waals surface area contributed by atoms with Gasteiger partial charge in [0.05, 0.1) is 10.3 Å². The molecule has 6 heteroatoms. The molecular formula is C15H11BrN2O2S. The van der Waals surface area contributed by atoms with Crippen molar-refractivity contribution in [1.29, 1.82) is 0 Å². The third kappa shape index (κ3) is 2.45. The van der Waals surface area contributed by atoms with Crippen molar-refractivity contribution < 1.29 is 9.47 Å². The molecule has 0 atom stereocenters. The number of hydrogen-bond acceptors (Lipinski definition) is 5. The van der Waals surface area contributed by atoms with Gasteiger partial charge in [0, 0.05) is 16.5 Å². The second-order valence-corrected chi connectivity index (χ2v) is 7.19. The van der Waals surface area contributed by atoms with Crippen molar-refractivity contribution in [3.8, 4) is 11.5 Å². The third-order valence-electron chi connectivity index (χ3n) is 3.32. The zero-order valence-corrected chi connectivity index (χ0v) is 13.3. The molecule has 2 aromatic heterocycles. The van der Waals surface area contributed by atoms with Gasteiger partial charge in [-0.05, 0) is 51.6 Å². The summed E-state index contributed by atoms with van der Waals surface area (Å²) >= 11 is 5.19. The number of fused-ring (bicyclic) bond motifs is 2. The topological polar surface area (TPSA) is 43.4 Å². The van der Waals surface area contributed by atoms with Gasteiger partial charge in [0.1, 0.15) is 5.82 Å². The van der Waals surface area contributed by atoms with E-state index in [1.807, 2.05) is 18.2 Å². The lowest BCUT2D eigenvalue weighted by molar-refractivity contribution is 0.174. The molecule has 1 aliphatic rings. The Labute approximate surface area is 133 Å². The van der Waals surface area contributed by atoms with Gasteiger partial charge in [0.25, 0.3) is 0 Å². The molecule has 0 aliphatic carbocycles. The highest BCUT2D eigenvalue weighted by Crippen LogP contribution is 2.37. The second kappa shape index (κ2) is 5.20. The minimum Gasteiger partial charge on any atom is -0.454 e. The van der Waals surface area contributed by atoms with Crippen LogP contribution in [0.1, 0.15) is 4.88 Å². The number of anilines is 1. The number of thiophene rings is 1. The fourth-order valence-electron chi connectivity index (χ4n) is 2.32. The summed E-state index contributed by atoms with van der Waals surface area (Å²) in [4.78, 5) is 5.69. The molecule has 0 bridgehead atoms. The fraction of sp³-hybridized carbons (Fsp3) is 0.133. The maximum atomic E-state index is 5.45. The summed E-state index contributed by atoms with van der Waals surface area (Å²) in [6.45, 7) is 1.03. The van der Waals surface area contributed by atoms with E-state index in [0.29, 0.717) is 0 Å². The van der Waals surface area contributed by atoms with Crippen LogP contribution in [0.4, 0.5) is 5.82 Å². The summed E-state index contributed by atoms with van der Waals surface area (Å²) in [6, 6.07) is 10.1. The van der Waals surface area contributed by atoms with E-state index < -0.39 is 0 Å². The molecule has 1 N–H and O–H groups in total. The van der Waals surface area contributed by atoms with E-state index in [1.54, 1.807) is 17.5 Å². The van der Waals surface area contributed by atoms with E-state index in [1.165, 1.54) is 4.88 Å². The molecule has 1 aliphatic heterocycles. The Balaban J connectivity index is 1.68. The zero-order chi connectivity index (χ0) is 14.2. The van der Waals surface area contributed by atoms with Crippen LogP contribution in [0.2, 0.25) is 0 Å². The SMILES string of the molecule is Brc1ccc(CNc2nccc3cc4c(cc23)OCO4)s1. The molecule has 0 amide bonds. The smallest absolute Gasteiger partial charge is 0.231 e.